The van der Waals surface area contributed by atoms with Crippen LogP contribution in [0.2, 0.25) is 0 Å². The van der Waals surface area contributed by atoms with Gasteiger partial charge in [0.2, 0.25) is 9.05 Å². The molecule has 0 spiro atoms. The summed E-state index contributed by atoms with van der Waals surface area (Å²) in [5.41, 5.74) is 0. The molecule has 0 unspecified atom stereocenters. The molecule has 0 amide bonds. The highest BCUT2D eigenvalue weighted by atomic mass is 35.7. The first kappa shape index (κ1) is 11.2. The van der Waals surface area contributed by atoms with E-state index in [1.54, 1.807) is 0 Å². The SMILES string of the molecule is CO[C@H](CS(=O)(=O)Cl)[C@@H]1CCOC1. The molecule has 4 nitrogen and oxygen atoms in total. The monoisotopic (exact) mass is 228 g/mol. The van der Waals surface area contributed by atoms with Crippen molar-refractivity contribution >= 4 is 19.7 Å². The molecule has 1 saturated heterocycles. The Balaban J connectivity index is 2.51. The van der Waals surface area contributed by atoms with E-state index in [4.69, 9.17) is 20.2 Å². The Labute approximate surface area is 82.6 Å². The summed E-state index contributed by atoms with van der Waals surface area (Å²) in [6, 6.07) is 0. The van der Waals surface area contributed by atoms with Crippen LogP contribution in [-0.2, 0) is 18.5 Å². The van der Waals surface area contributed by atoms with Crippen LogP contribution >= 0.6 is 10.7 Å². The van der Waals surface area contributed by atoms with Gasteiger partial charge in [0.25, 0.3) is 0 Å². The molecular weight excluding hydrogens is 216 g/mol. The van der Waals surface area contributed by atoms with Crippen LogP contribution in [0.5, 0.6) is 0 Å². The van der Waals surface area contributed by atoms with Gasteiger partial charge in [0.1, 0.15) is 0 Å². The molecule has 1 aliphatic rings. The minimum absolute atomic E-state index is 0.140. The molecular formula is C7H13ClO4S. The third-order valence-electron chi connectivity index (χ3n) is 2.16. The van der Waals surface area contributed by atoms with Crippen molar-refractivity contribution in [1.29, 1.82) is 0 Å². The summed E-state index contributed by atoms with van der Waals surface area (Å²) in [7, 11) is 3.15. The molecule has 0 saturated carbocycles. The minimum atomic E-state index is -3.48. The van der Waals surface area contributed by atoms with Crippen molar-refractivity contribution in [2.45, 2.75) is 12.5 Å². The molecule has 78 valence electrons. The molecule has 0 aromatic rings. The maximum Gasteiger partial charge on any atom is 0.235 e. The standard InChI is InChI=1S/C7H13ClO4S/c1-11-7(5-13(8,9)10)6-2-3-12-4-6/h6-7H,2-5H2,1H3/t6-,7-/m1/s1. The third-order valence-corrected chi connectivity index (χ3v) is 3.26. The van der Waals surface area contributed by atoms with Crippen molar-refractivity contribution in [2.75, 3.05) is 26.1 Å². The van der Waals surface area contributed by atoms with Crippen molar-refractivity contribution < 1.29 is 17.9 Å². The van der Waals surface area contributed by atoms with Crippen molar-refractivity contribution in [3.05, 3.63) is 0 Å². The topological polar surface area (TPSA) is 52.6 Å². The summed E-state index contributed by atoms with van der Waals surface area (Å²) < 4.78 is 31.8. The van der Waals surface area contributed by atoms with E-state index in [9.17, 15) is 8.42 Å². The molecule has 6 heteroatoms. The summed E-state index contributed by atoms with van der Waals surface area (Å²) in [6.45, 7) is 1.23. The Kier molecular flexibility index (Phi) is 3.97. The zero-order valence-electron chi connectivity index (χ0n) is 7.40. The van der Waals surface area contributed by atoms with Gasteiger partial charge in [0.15, 0.2) is 0 Å². The van der Waals surface area contributed by atoms with E-state index >= 15 is 0 Å². The van der Waals surface area contributed by atoms with Crippen LogP contribution in [-0.4, -0.2) is 40.6 Å². The van der Waals surface area contributed by atoms with Gasteiger partial charge in [-0.05, 0) is 6.42 Å². The van der Waals surface area contributed by atoms with Crippen LogP contribution in [0.4, 0.5) is 0 Å². The molecule has 1 rings (SSSR count). The zero-order valence-corrected chi connectivity index (χ0v) is 8.97. The highest BCUT2D eigenvalue weighted by Crippen LogP contribution is 2.20. The van der Waals surface area contributed by atoms with Crippen molar-refractivity contribution in [2.24, 2.45) is 5.92 Å². The number of hydrogen-bond donors (Lipinski definition) is 0. The normalized spacial score (nSPS) is 26.2. The van der Waals surface area contributed by atoms with Gasteiger partial charge in [-0.15, -0.1) is 0 Å². The quantitative estimate of drug-likeness (QED) is 0.662. The van der Waals surface area contributed by atoms with Crippen LogP contribution in [0.25, 0.3) is 0 Å². The molecule has 2 atom stereocenters. The smallest absolute Gasteiger partial charge is 0.235 e. The minimum Gasteiger partial charge on any atom is -0.381 e. The van der Waals surface area contributed by atoms with Gasteiger partial charge in [-0.3, -0.25) is 0 Å². The van der Waals surface area contributed by atoms with Gasteiger partial charge in [-0.1, -0.05) is 0 Å². The van der Waals surface area contributed by atoms with Crippen LogP contribution in [0.1, 0.15) is 6.42 Å². The first-order valence-corrected chi connectivity index (χ1v) is 6.53. The Morgan fingerprint density at radius 1 is 1.69 bits per heavy atom. The van der Waals surface area contributed by atoms with E-state index in [1.165, 1.54) is 7.11 Å². The fourth-order valence-corrected chi connectivity index (χ4v) is 2.61. The first-order valence-electron chi connectivity index (χ1n) is 4.06. The summed E-state index contributed by atoms with van der Waals surface area (Å²) in [5, 5.41) is 0. The van der Waals surface area contributed by atoms with Gasteiger partial charge in [0.05, 0.1) is 18.5 Å². The predicted octanol–water partition coefficient (Wildman–Crippen LogP) is 0.607. The molecule has 1 aliphatic heterocycles. The van der Waals surface area contributed by atoms with E-state index in [0.29, 0.717) is 13.2 Å². The molecule has 0 aromatic carbocycles. The second-order valence-electron chi connectivity index (χ2n) is 3.10. The van der Waals surface area contributed by atoms with Crippen molar-refractivity contribution in [3.8, 4) is 0 Å². The fourth-order valence-electron chi connectivity index (χ4n) is 1.44. The highest BCUT2D eigenvalue weighted by Gasteiger charge is 2.29. The Hall–Kier alpha value is 0.160. The lowest BCUT2D eigenvalue weighted by Gasteiger charge is -2.18. The first-order chi connectivity index (χ1) is 6.03. The maximum absolute atomic E-state index is 10.8. The van der Waals surface area contributed by atoms with Crippen molar-refractivity contribution in [1.82, 2.24) is 0 Å². The number of rotatable bonds is 4. The van der Waals surface area contributed by atoms with Crippen LogP contribution in [0.3, 0.4) is 0 Å². The fraction of sp³-hybridized carbons (Fsp3) is 1.00. The maximum atomic E-state index is 10.8. The third kappa shape index (κ3) is 3.81. The van der Waals surface area contributed by atoms with Gasteiger partial charge in [0, 0.05) is 30.3 Å². The lowest BCUT2D eigenvalue weighted by molar-refractivity contribution is 0.0614. The van der Waals surface area contributed by atoms with Gasteiger partial charge >= 0.3 is 0 Å². The highest BCUT2D eigenvalue weighted by molar-refractivity contribution is 8.13. The molecule has 0 aliphatic carbocycles. The number of hydrogen-bond acceptors (Lipinski definition) is 4. The van der Waals surface area contributed by atoms with Crippen LogP contribution < -0.4 is 0 Å². The summed E-state index contributed by atoms with van der Waals surface area (Å²) in [6.07, 6.45) is 0.496. The van der Waals surface area contributed by atoms with E-state index < -0.39 is 9.05 Å². The second kappa shape index (κ2) is 4.59. The average molecular weight is 229 g/mol. The van der Waals surface area contributed by atoms with E-state index in [2.05, 4.69) is 0 Å². The van der Waals surface area contributed by atoms with Gasteiger partial charge < -0.3 is 9.47 Å². The molecule has 1 heterocycles. The average Bonchev–Trinajstić information content (AvgIpc) is 2.50. The molecule has 0 bridgehead atoms. The summed E-state index contributed by atoms with van der Waals surface area (Å²) in [5.74, 6) is 0.0116. The van der Waals surface area contributed by atoms with E-state index in [-0.39, 0.29) is 17.8 Å². The molecule has 0 aromatic heterocycles. The Morgan fingerprint density at radius 2 is 2.38 bits per heavy atom. The van der Waals surface area contributed by atoms with Crippen LogP contribution in [0, 0.1) is 5.92 Å². The predicted molar refractivity (Wildman–Crippen MR) is 49.4 cm³/mol. The largest absolute Gasteiger partial charge is 0.381 e. The number of halogens is 1. The lowest BCUT2D eigenvalue weighted by Crippen LogP contribution is -2.29. The molecule has 13 heavy (non-hydrogen) atoms. The lowest BCUT2D eigenvalue weighted by atomic mass is 10.0. The van der Waals surface area contributed by atoms with E-state index in [0.717, 1.165) is 6.42 Å². The Morgan fingerprint density at radius 3 is 2.77 bits per heavy atom. The molecule has 0 N–H and O–H groups in total. The van der Waals surface area contributed by atoms with Gasteiger partial charge in [-0.25, -0.2) is 8.42 Å². The zero-order chi connectivity index (χ0) is 9.90. The Bertz CT molecular complexity index is 245. The van der Waals surface area contributed by atoms with Gasteiger partial charge in [-0.2, -0.15) is 0 Å². The molecule has 1 fully saturated rings. The van der Waals surface area contributed by atoms with Crippen LogP contribution in [0.15, 0.2) is 0 Å². The molecule has 0 radical (unpaired) electrons. The number of ether oxygens (including phenoxy) is 2. The number of methoxy groups -OCH3 is 1. The van der Waals surface area contributed by atoms with Crippen molar-refractivity contribution in [3.63, 3.8) is 0 Å². The summed E-state index contributed by atoms with van der Waals surface area (Å²) in [4.78, 5) is 0. The summed E-state index contributed by atoms with van der Waals surface area (Å²) >= 11 is 0. The van der Waals surface area contributed by atoms with E-state index in [1.807, 2.05) is 0 Å². The second-order valence-corrected chi connectivity index (χ2v) is 5.92.